The Hall–Kier alpha value is -1.86. The van der Waals surface area contributed by atoms with Gasteiger partial charge in [-0.1, -0.05) is 0 Å². The van der Waals surface area contributed by atoms with Crippen LogP contribution in [0, 0.1) is 0 Å². The first-order valence-corrected chi connectivity index (χ1v) is 9.14. The van der Waals surface area contributed by atoms with Crippen molar-refractivity contribution in [3.63, 3.8) is 0 Å². The summed E-state index contributed by atoms with van der Waals surface area (Å²) in [4.78, 5) is 13.9. The summed E-state index contributed by atoms with van der Waals surface area (Å²) >= 11 is 0. The van der Waals surface area contributed by atoms with Gasteiger partial charge in [0.1, 0.15) is 0 Å². The molecule has 0 bridgehead atoms. The van der Waals surface area contributed by atoms with Gasteiger partial charge in [0.2, 0.25) is 5.88 Å². The molecule has 7 nitrogen and oxygen atoms in total. The topological polar surface area (TPSA) is 62.2 Å². The molecule has 1 atom stereocenters. The monoisotopic (exact) mass is 347 g/mol. The van der Waals surface area contributed by atoms with Crippen LogP contribution >= 0.6 is 0 Å². The van der Waals surface area contributed by atoms with E-state index in [1.54, 1.807) is 13.3 Å². The number of ether oxygens (including phenoxy) is 2. The smallest absolute Gasteiger partial charge is 0.213 e. The zero-order chi connectivity index (χ0) is 17.5. The van der Waals surface area contributed by atoms with Crippen LogP contribution in [-0.4, -0.2) is 79.8 Å². The first-order valence-electron chi connectivity index (χ1n) is 9.14. The van der Waals surface area contributed by atoms with E-state index in [0.717, 1.165) is 57.5 Å². The number of aliphatic imine (C=N–C) groups is 1. The van der Waals surface area contributed by atoms with Crippen LogP contribution in [-0.2, 0) is 11.3 Å². The third kappa shape index (κ3) is 4.83. The number of aromatic nitrogens is 1. The van der Waals surface area contributed by atoms with Gasteiger partial charge in [-0.2, -0.15) is 0 Å². The van der Waals surface area contributed by atoms with Crippen LogP contribution in [0.3, 0.4) is 0 Å². The average molecular weight is 347 g/mol. The number of methoxy groups -OCH3 is 1. The fourth-order valence-electron chi connectivity index (χ4n) is 3.43. The highest BCUT2D eigenvalue weighted by Crippen LogP contribution is 2.17. The van der Waals surface area contributed by atoms with Crippen LogP contribution in [0.2, 0.25) is 0 Å². The second-order valence-corrected chi connectivity index (χ2v) is 6.41. The Labute approximate surface area is 150 Å². The fraction of sp³-hybridized carbons (Fsp3) is 0.667. The van der Waals surface area contributed by atoms with E-state index < -0.39 is 0 Å². The minimum Gasteiger partial charge on any atom is -0.481 e. The minimum absolute atomic E-state index is 0.605. The molecule has 2 aliphatic heterocycles. The van der Waals surface area contributed by atoms with Gasteiger partial charge in [0.25, 0.3) is 0 Å². The molecule has 0 radical (unpaired) electrons. The maximum absolute atomic E-state index is 5.47. The molecule has 1 unspecified atom stereocenters. The van der Waals surface area contributed by atoms with Gasteiger partial charge in [-0.15, -0.1) is 0 Å². The van der Waals surface area contributed by atoms with Crippen molar-refractivity contribution in [3.8, 4) is 5.88 Å². The summed E-state index contributed by atoms with van der Waals surface area (Å²) in [6.45, 7) is 9.49. The molecule has 1 aromatic heterocycles. The molecule has 3 heterocycles. The summed E-state index contributed by atoms with van der Waals surface area (Å²) in [5.74, 6) is 1.63. The van der Waals surface area contributed by atoms with Gasteiger partial charge in [-0.25, -0.2) is 9.98 Å². The van der Waals surface area contributed by atoms with Crippen molar-refractivity contribution in [1.82, 2.24) is 20.1 Å². The Balaban J connectivity index is 1.62. The van der Waals surface area contributed by atoms with Crippen molar-refractivity contribution >= 4 is 5.96 Å². The highest BCUT2D eigenvalue weighted by molar-refractivity contribution is 5.80. The predicted molar refractivity (Wildman–Crippen MR) is 98.0 cm³/mol. The third-order valence-corrected chi connectivity index (χ3v) is 4.78. The van der Waals surface area contributed by atoms with Crippen LogP contribution in [0.1, 0.15) is 18.9 Å². The molecular formula is C18H29N5O2. The van der Waals surface area contributed by atoms with E-state index in [9.17, 15) is 0 Å². The third-order valence-electron chi connectivity index (χ3n) is 4.78. The Morgan fingerprint density at radius 3 is 3.00 bits per heavy atom. The Morgan fingerprint density at radius 2 is 2.24 bits per heavy atom. The number of morpholine rings is 1. The molecule has 2 fully saturated rings. The van der Waals surface area contributed by atoms with Crippen LogP contribution in [0.5, 0.6) is 5.88 Å². The van der Waals surface area contributed by atoms with Crippen molar-refractivity contribution in [2.75, 3.05) is 53.0 Å². The summed E-state index contributed by atoms with van der Waals surface area (Å²) in [7, 11) is 1.63. The van der Waals surface area contributed by atoms with Gasteiger partial charge in [0, 0.05) is 51.0 Å². The van der Waals surface area contributed by atoms with Crippen molar-refractivity contribution in [2.24, 2.45) is 4.99 Å². The van der Waals surface area contributed by atoms with E-state index in [-0.39, 0.29) is 0 Å². The highest BCUT2D eigenvalue weighted by atomic mass is 16.5. The van der Waals surface area contributed by atoms with E-state index in [2.05, 4.69) is 27.0 Å². The van der Waals surface area contributed by atoms with Crippen molar-refractivity contribution in [3.05, 3.63) is 23.9 Å². The molecular weight excluding hydrogens is 318 g/mol. The van der Waals surface area contributed by atoms with Crippen LogP contribution in [0.4, 0.5) is 0 Å². The molecule has 0 aromatic carbocycles. The number of hydrogen-bond donors (Lipinski definition) is 1. The lowest BCUT2D eigenvalue weighted by Gasteiger charge is -2.32. The van der Waals surface area contributed by atoms with Gasteiger partial charge in [0.05, 0.1) is 26.9 Å². The van der Waals surface area contributed by atoms with Crippen molar-refractivity contribution in [2.45, 2.75) is 25.9 Å². The van der Waals surface area contributed by atoms with Gasteiger partial charge in [-0.3, -0.25) is 4.90 Å². The summed E-state index contributed by atoms with van der Waals surface area (Å²) in [6.07, 6.45) is 2.95. The molecule has 0 spiro atoms. The molecule has 0 amide bonds. The summed E-state index contributed by atoms with van der Waals surface area (Å²) < 4.78 is 10.7. The van der Waals surface area contributed by atoms with E-state index in [1.165, 1.54) is 6.42 Å². The molecule has 0 saturated carbocycles. The van der Waals surface area contributed by atoms with E-state index >= 15 is 0 Å². The lowest BCUT2D eigenvalue weighted by Crippen LogP contribution is -2.46. The van der Waals surface area contributed by atoms with Gasteiger partial charge < -0.3 is 19.7 Å². The second-order valence-electron chi connectivity index (χ2n) is 6.41. The quantitative estimate of drug-likeness (QED) is 0.632. The number of nitrogens with one attached hydrogen (secondary N) is 1. The zero-order valence-electron chi connectivity index (χ0n) is 15.3. The normalized spacial score (nSPS) is 22.2. The first-order chi connectivity index (χ1) is 12.3. The van der Waals surface area contributed by atoms with E-state index in [4.69, 9.17) is 14.5 Å². The van der Waals surface area contributed by atoms with Gasteiger partial charge in [-0.05, 0) is 25.0 Å². The van der Waals surface area contributed by atoms with Gasteiger partial charge >= 0.3 is 0 Å². The molecule has 2 saturated heterocycles. The average Bonchev–Trinajstić information content (AvgIpc) is 3.16. The summed E-state index contributed by atoms with van der Waals surface area (Å²) in [5, 5.41) is 3.43. The second kappa shape index (κ2) is 9.01. The number of nitrogens with zero attached hydrogens (tertiary/aromatic N) is 4. The summed E-state index contributed by atoms with van der Waals surface area (Å²) in [5.41, 5.74) is 1.10. The predicted octanol–water partition coefficient (Wildman–Crippen LogP) is 0.962. The zero-order valence-corrected chi connectivity index (χ0v) is 15.3. The largest absolute Gasteiger partial charge is 0.481 e. The van der Waals surface area contributed by atoms with Crippen molar-refractivity contribution < 1.29 is 9.47 Å². The minimum atomic E-state index is 0.605. The lowest BCUT2D eigenvalue weighted by molar-refractivity contribution is 0.0195. The number of likely N-dealkylation sites (tertiary alicyclic amines) is 1. The summed E-state index contributed by atoms with van der Waals surface area (Å²) in [6, 6.07) is 4.53. The fourth-order valence-corrected chi connectivity index (χ4v) is 3.43. The number of guanidine groups is 1. The van der Waals surface area contributed by atoms with E-state index in [1.807, 2.05) is 12.1 Å². The van der Waals surface area contributed by atoms with Crippen LogP contribution in [0.25, 0.3) is 0 Å². The Kier molecular flexibility index (Phi) is 6.47. The molecule has 138 valence electrons. The number of pyridine rings is 1. The Morgan fingerprint density at radius 1 is 1.40 bits per heavy atom. The van der Waals surface area contributed by atoms with Gasteiger partial charge in [0.15, 0.2) is 5.96 Å². The van der Waals surface area contributed by atoms with Crippen LogP contribution < -0.4 is 10.1 Å². The maximum atomic E-state index is 5.47. The molecule has 7 heteroatoms. The highest BCUT2D eigenvalue weighted by Gasteiger charge is 2.30. The molecule has 0 aliphatic carbocycles. The molecule has 1 N–H and O–H groups in total. The molecule has 3 rings (SSSR count). The molecule has 1 aromatic rings. The van der Waals surface area contributed by atoms with Crippen LogP contribution in [0.15, 0.2) is 23.3 Å². The lowest BCUT2D eigenvalue weighted by atomic mass is 10.2. The molecule has 25 heavy (non-hydrogen) atoms. The molecule has 2 aliphatic rings. The SMILES string of the molecule is CCNC(=NCc1ccnc(OC)c1)N1CCC(N2CCOCC2)C1. The van der Waals surface area contributed by atoms with E-state index in [0.29, 0.717) is 18.5 Å². The maximum Gasteiger partial charge on any atom is 0.213 e. The number of hydrogen-bond acceptors (Lipinski definition) is 5. The standard InChI is InChI=1S/C18H29N5O2/c1-3-19-18(21-13-15-4-6-20-17(12-15)24-2)23-7-5-16(14-23)22-8-10-25-11-9-22/h4,6,12,16H,3,5,7-11,13-14H2,1-2H3,(H,19,21). The number of rotatable bonds is 5. The first kappa shape index (κ1) is 17.9. The Bertz CT molecular complexity index is 574. The van der Waals surface area contributed by atoms with Crippen molar-refractivity contribution in [1.29, 1.82) is 0 Å².